The number of allylic oxidation sites excluding steroid dienone is 2. The number of para-hydroxylation sites is 1. The molecule has 1 aliphatic rings. The van der Waals surface area contributed by atoms with Crippen molar-refractivity contribution >= 4 is 34.7 Å². The Bertz CT molecular complexity index is 1210. The summed E-state index contributed by atoms with van der Waals surface area (Å²) < 4.78 is 12.7. The lowest BCUT2D eigenvalue weighted by Crippen LogP contribution is -2.32. The van der Waals surface area contributed by atoms with Crippen molar-refractivity contribution in [2.24, 2.45) is 0 Å². The number of hydrogen-bond donors (Lipinski definition) is 2. The van der Waals surface area contributed by atoms with E-state index < -0.39 is 7.12 Å². The van der Waals surface area contributed by atoms with Crippen LogP contribution in [-0.2, 0) is 4.65 Å². The van der Waals surface area contributed by atoms with E-state index in [4.69, 9.17) is 9.39 Å². The zero-order valence-electron chi connectivity index (χ0n) is 19.4. The lowest BCUT2D eigenvalue weighted by molar-refractivity contribution is 0.182. The number of phenols is 1. The standard InChI is InChI=1S/C29H28BBrO4/c1-21(20-34-26-10-6-3-7-11-26)27-16-17-30(33)35-29(27)15-12-23(22-8-4-2-5-9-22)18-24-19-25(31)13-14-28(24)32/h2-11,13-14,16,18-19,29,32-33H,1,12,15,17,20H2/b23-18-. The van der Waals surface area contributed by atoms with E-state index in [0.29, 0.717) is 25.8 Å². The van der Waals surface area contributed by atoms with Crippen LogP contribution in [0.2, 0.25) is 6.32 Å². The molecule has 0 bridgehead atoms. The maximum absolute atomic E-state index is 10.4. The summed E-state index contributed by atoms with van der Waals surface area (Å²) in [5, 5.41) is 20.6. The van der Waals surface area contributed by atoms with Crippen LogP contribution in [0.3, 0.4) is 0 Å². The highest BCUT2D eigenvalue weighted by molar-refractivity contribution is 9.10. The van der Waals surface area contributed by atoms with Crippen LogP contribution in [0.25, 0.3) is 11.6 Å². The van der Waals surface area contributed by atoms with Crippen LogP contribution in [0.5, 0.6) is 11.5 Å². The van der Waals surface area contributed by atoms with Gasteiger partial charge < -0.3 is 19.5 Å². The maximum atomic E-state index is 10.4. The zero-order chi connectivity index (χ0) is 24.6. The Morgan fingerprint density at radius 2 is 1.80 bits per heavy atom. The molecule has 1 atom stereocenters. The molecule has 1 aliphatic heterocycles. The Morgan fingerprint density at radius 1 is 1.09 bits per heavy atom. The van der Waals surface area contributed by atoms with Crippen molar-refractivity contribution in [2.45, 2.75) is 25.3 Å². The summed E-state index contributed by atoms with van der Waals surface area (Å²) in [6.45, 7) is 4.58. The van der Waals surface area contributed by atoms with Crippen LogP contribution in [0.1, 0.15) is 24.0 Å². The van der Waals surface area contributed by atoms with Crippen molar-refractivity contribution in [3.8, 4) is 11.5 Å². The average molecular weight is 531 g/mol. The van der Waals surface area contributed by atoms with Crippen molar-refractivity contribution in [1.29, 1.82) is 0 Å². The SMILES string of the molecule is C=C(COc1ccccc1)C1=CCB(O)OC1CC/C(=C/c1cc(Br)ccc1O)c1ccccc1. The van der Waals surface area contributed by atoms with E-state index in [9.17, 15) is 10.1 Å². The molecule has 0 saturated carbocycles. The van der Waals surface area contributed by atoms with Crippen molar-refractivity contribution in [2.75, 3.05) is 6.61 Å². The molecule has 4 nitrogen and oxygen atoms in total. The van der Waals surface area contributed by atoms with Crippen molar-refractivity contribution in [3.63, 3.8) is 0 Å². The second-order valence-electron chi connectivity index (χ2n) is 8.46. The molecule has 0 saturated heterocycles. The summed E-state index contributed by atoms with van der Waals surface area (Å²) in [5.41, 5.74) is 4.66. The van der Waals surface area contributed by atoms with Gasteiger partial charge in [-0.1, -0.05) is 77.1 Å². The Morgan fingerprint density at radius 3 is 2.54 bits per heavy atom. The van der Waals surface area contributed by atoms with Crippen LogP contribution in [-0.4, -0.2) is 30.0 Å². The normalized spacial score (nSPS) is 16.1. The van der Waals surface area contributed by atoms with Gasteiger partial charge >= 0.3 is 7.12 Å². The van der Waals surface area contributed by atoms with Gasteiger partial charge in [-0.2, -0.15) is 0 Å². The van der Waals surface area contributed by atoms with E-state index >= 15 is 0 Å². The third-order valence-corrected chi connectivity index (χ3v) is 6.41. The van der Waals surface area contributed by atoms with E-state index in [1.807, 2.05) is 72.8 Å². The fourth-order valence-electron chi connectivity index (χ4n) is 4.11. The Balaban J connectivity index is 1.52. The predicted octanol–water partition coefficient (Wildman–Crippen LogP) is 6.92. The molecule has 0 aromatic heterocycles. The summed E-state index contributed by atoms with van der Waals surface area (Å²) in [4.78, 5) is 0. The van der Waals surface area contributed by atoms with Gasteiger partial charge in [0.1, 0.15) is 18.1 Å². The third kappa shape index (κ3) is 6.98. The van der Waals surface area contributed by atoms with Gasteiger partial charge in [0.25, 0.3) is 0 Å². The van der Waals surface area contributed by atoms with Crippen LogP contribution >= 0.6 is 15.9 Å². The molecule has 3 aromatic carbocycles. The number of halogens is 1. The highest BCUT2D eigenvalue weighted by Gasteiger charge is 2.28. The van der Waals surface area contributed by atoms with Gasteiger partial charge in [-0.05, 0) is 71.5 Å². The fourth-order valence-corrected chi connectivity index (χ4v) is 4.49. The molecule has 6 heteroatoms. The second-order valence-corrected chi connectivity index (χ2v) is 9.37. The summed E-state index contributed by atoms with van der Waals surface area (Å²) in [7, 11) is -0.843. The number of ether oxygens (including phenoxy) is 1. The molecule has 0 aliphatic carbocycles. The number of hydrogen-bond acceptors (Lipinski definition) is 4. The molecule has 1 unspecified atom stereocenters. The first-order valence-corrected chi connectivity index (χ1v) is 12.4. The number of benzene rings is 3. The largest absolute Gasteiger partial charge is 0.507 e. The molecule has 35 heavy (non-hydrogen) atoms. The van der Waals surface area contributed by atoms with Crippen LogP contribution < -0.4 is 4.74 Å². The summed E-state index contributed by atoms with van der Waals surface area (Å²) in [5.74, 6) is 1.00. The summed E-state index contributed by atoms with van der Waals surface area (Å²) in [6.07, 6.45) is 5.44. The molecule has 0 radical (unpaired) electrons. The van der Waals surface area contributed by atoms with Gasteiger partial charge in [0.05, 0.1) is 6.10 Å². The minimum atomic E-state index is -0.843. The number of phenolic OH excluding ortho intramolecular Hbond substituents is 1. The molecule has 4 rings (SSSR count). The predicted molar refractivity (Wildman–Crippen MR) is 146 cm³/mol. The Hall–Kier alpha value is -3.06. The fraction of sp³-hybridized carbons (Fsp3) is 0.172. The molecule has 1 heterocycles. The van der Waals surface area contributed by atoms with Gasteiger partial charge in [0.2, 0.25) is 0 Å². The first kappa shape index (κ1) is 25.1. The van der Waals surface area contributed by atoms with Gasteiger partial charge in [-0.25, -0.2) is 0 Å². The number of aromatic hydroxyl groups is 1. The molecule has 0 amide bonds. The lowest BCUT2D eigenvalue weighted by Gasteiger charge is -2.28. The van der Waals surface area contributed by atoms with Crippen molar-refractivity contribution in [1.82, 2.24) is 0 Å². The number of rotatable bonds is 9. The van der Waals surface area contributed by atoms with Crippen molar-refractivity contribution in [3.05, 3.63) is 118 Å². The molecular formula is C29H28BBrO4. The summed E-state index contributed by atoms with van der Waals surface area (Å²) >= 11 is 3.49. The van der Waals surface area contributed by atoms with Gasteiger partial charge in [-0.15, -0.1) is 0 Å². The Kier molecular flexibility index (Phi) is 8.64. The van der Waals surface area contributed by atoms with E-state index in [1.54, 1.807) is 6.07 Å². The first-order valence-electron chi connectivity index (χ1n) is 11.6. The van der Waals surface area contributed by atoms with Gasteiger partial charge in [0, 0.05) is 16.4 Å². The van der Waals surface area contributed by atoms with E-state index in [2.05, 4.69) is 34.6 Å². The third-order valence-electron chi connectivity index (χ3n) is 5.91. The first-order chi connectivity index (χ1) is 17.0. The van der Waals surface area contributed by atoms with E-state index in [1.165, 1.54) is 0 Å². The molecular weight excluding hydrogens is 503 g/mol. The highest BCUT2D eigenvalue weighted by atomic mass is 79.9. The molecule has 2 N–H and O–H groups in total. The van der Waals surface area contributed by atoms with Gasteiger partial charge in [0.15, 0.2) is 0 Å². The quantitative estimate of drug-likeness (QED) is 0.233. The molecule has 178 valence electrons. The highest BCUT2D eigenvalue weighted by Crippen LogP contribution is 2.33. The topological polar surface area (TPSA) is 58.9 Å². The zero-order valence-corrected chi connectivity index (χ0v) is 21.0. The van der Waals surface area contributed by atoms with Crippen molar-refractivity contribution < 1.29 is 19.5 Å². The van der Waals surface area contributed by atoms with Crippen LogP contribution in [0, 0.1) is 0 Å². The summed E-state index contributed by atoms with van der Waals surface area (Å²) in [6, 6.07) is 25.1. The lowest BCUT2D eigenvalue weighted by atomic mass is 9.78. The van der Waals surface area contributed by atoms with Gasteiger partial charge in [-0.3, -0.25) is 0 Å². The minimum absolute atomic E-state index is 0.220. The second kappa shape index (κ2) is 12.1. The smallest absolute Gasteiger partial charge is 0.458 e. The maximum Gasteiger partial charge on any atom is 0.458 e. The Labute approximate surface area is 215 Å². The molecule has 0 spiro atoms. The van der Waals surface area contributed by atoms with E-state index in [0.717, 1.165) is 38.1 Å². The molecule has 3 aromatic rings. The van der Waals surface area contributed by atoms with Crippen LogP contribution in [0.15, 0.2) is 107 Å². The minimum Gasteiger partial charge on any atom is -0.507 e. The monoisotopic (exact) mass is 530 g/mol. The van der Waals surface area contributed by atoms with Crippen LogP contribution in [0.4, 0.5) is 0 Å². The molecule has 0 fully saturated rings. The average Bonchev–Trinajstić information content (AvgIpc) is 2.88. The van der Waals surface area contributed by atoms with E-state index in [-0.39, 0.29) is 11.9 Å².